The second-order valence-electron chi connectivity index (χ2n) is 2.99. The topological polar surface area (TPSA) is 80.4 Å². The zero-order valence-electron chi connectivity index (χ0n) is 7.84. The van der Waals surface area contributed by atoms with Gasteiger partial charge in [-0.2, -0.15) is 0 Å². The van der Waals surface area contributed by atoms with Gasteiger partial charge in [0.1, 0.15) is 4.83 Å². The molecular formula is C9H7Br2NO4. The first-order chi connectivity index (χ1) is 7.43. The Morgan fingerprint density at radius 3 is 2.56 bits per heavy atom. The summed E-state index contributed by atoms with van der Waals surface area (Å²) in [6.45, 7) is 0. The molecule has 0 aliphatic carbocycles. The van der Waals surface area contributed by atoms with E-state index < -0.39 is 20.5 Å². The lowest BCUT2D eigenvalue weighted by molar-refractivity contribution is -0.384. The number of nitro benzene ring substituents is 1. The Morgan fingerprint density at radius 2 is 2.06 bits per heavy atom. The molecule has 0 amide bonds. The zero-order chi connectivity index (χ0) is 12.3. The molecule has 0 radical (unpaired) electrons. The molecular weight excluding hydrogens is 346 g/mol. The molecule has 0 spiro atoms. The first-order valence-corrected chi connectivity index (χ1v) is 6.02. The van der Waals surface area contributed by atoms with Crippen molar-refractivity contribution in [1.82, 2.24) is 0 Å². The van der Waals surface area contributed by atoms with Crippen LogP contribution in [0.4, 0.5) is 5.69 Å². The number of nitrogens with zero attached hydrogens (tertiary/aromatic N) is 1. The van der Waals surface area contributed by atoms with Gasteiger partial charge in [0.05, 0.1) is 9.75 Å². The molecule has 0 aromatic heterocycles. The average molecular weight is 353 g/mol. The van der Waals surface area contributed by atoms with Crippen molar-refractivity contribution in [3.8, 4) is 0 Å². The van der Waals surface area contributed by atoms with Gasteiger partial charge in [0.25, 0.3) is 5.69 Å². The third kappa shape index (κ3) is 3.02. The van der Waals surface area contributed by atoms with Crippen LogP contribution in [-0.2, 0) is 4.79 Å². The van der Waals surface area contributed by atoms with Crippen molar-refractivity contribution in [2.75, 3.05) is 0 Å². The lowest BCUT2D eigenvalue weighted by Crippen LogP contribution is -2.17. The summed E-state index contributed by atoms with van der Waals surface area (Å²) in [6.07, 6.45) is 0. The highest BCUT2D eigenvalue weighted by Gasteiger charge is 2.25. The Morgan fingerprint density at radius 1 is 1.44 bits per heavy atom. The highest BCUT2D eigenvalue weighted by atomic mass is 79.9. The predicted octanol–water partition coefficient (Wildman–Crippen LogP) is 2.88. The van der Waals surface area contributed by atoms with Crippen molar-refractivity contribution in [3.05, 3.63) is 39.9 Å². The van der Waals surface area contributed by atoms with E-state index in [0.717, 1.165) is 0 Å². The summed E-state index contributed by atoms with van der Waals surface area (Å²) in [5.74, 6) is -1.03. The second kappa shape index (κ2) is 5.40. The van der Waals surface area contributed by atoms with E-state index >= 15 is 0 Å². The number of halogens is 2. The van der Waals surface area contributed by atoms with Crippen LogP contribution in [0.3, 0.4) is 0 Å². The molecule has 1 aromatic rings. The molecule has 0 unspecified atom stereocenters. The van der Waals surface area contributed by atoms with Gasteiger partial charge in [0.2, 0.25) is 0 Å². The van der Waals surface area contributed by atoms with Gasteiger partial charge >= 0.3 is 5.97 Å². The maximum atomic E-state index is 10.7. The van der Waals surface area contributed by atoms with Crippen LogP contribution in [0.5, 0.6) is 0 Å². The molecule has 5 nitrogen and oxygen atoms in total. The second-order valence-corrected chi connectivity index (χ2v) is 4.97. The number of hydrogen-bond donors (Lipinski definition) is 1. The molecule has 0 aliphatic heterocycles. The molecule has 86 valence electrons. The standard InChI is InChI=1S/C9H7Br2NO4/c10-7(8(11)9(13)14)5-2-1-3-6(4-5)12(15)16/h1-4,7-8H,(H,13,14)/t7-,8-/m1/s1. The summed E-state index contributed by atoms with van der Waals surface area (Å²) in [4.78, 5) is 19.4. The first-order valence-electron chi connectivity index (χ1n) is 4.18. The quantitative estimate of drug-likeness (QED) is 0.513. The van der Waals surface area contributed by atoms with E-state index in [9.17, 15) is 14.9 Å². The van der Waals surface area contributed by atoms with Gasteiger partial charge < -0.3 is 5.11 Å². The number of aliphatic carboxylic acids is 1. The normalized spacial score (nSPS) is 14.1. The van der Waals surface area contributed by atoms with Crippen LogP contribution in [0, 0.1) is 10.1 Å². The third-order valence-corrected chi connectivity index (χ3v) is 4.58. The van der Waals surface area contributed by atoms with Crippen LogP contribution in [0.1, 0.15) is 10.4 Å². The minimum Gasteiger partial charge on any atom is -0.480 e. The van der Waals surface area contributed by atoms with Gasteiger partial charge in [-0.3, -0.25) is 14.9 Å². The Hall–Kier alpha value is -0.950. The SMILES string of the molecule is O=C(O)[C@H](Br)[C@H](Br)c1cccc([N+](=O)[O-])c1. The molecule has 0 saturated heterocycles. The fourth-order valence-electron chi connectivity index (χ4n) is 1.10. The number of carbonyl (C=O) groups is 1. The van der Waals surface area contributed by atoms with Crippen molar-refractivity contribution >= 4 is 43.5 Å². The van der Waals surface area contributed by atoms with Gasteiger partial charge in [0.15, 0.2) is 0 Å². The van der Waals surface area contributed by atoms with Crippen LogP contribution in [0.15, 0.2) is 24.3 Å². The van der Waals surface area contributed by atoms with Crippen molar-refractivity contribution < 1.29 is 14.8 Å². The largest absolute Gasteiger partial charge is 0.480 e. The molecule has 16 heavy (non-hydrogen) atoms. The van der Waals surface area contributed by atoms with Crippen LogP contribution in [0.25, 0.3) is 0 Å². The van der Waals surface area contributed by atoms with Crippen LogP contribution < -0.4 is 0 Å². The number of carboxylic acids is 1. The van der Waals surface area contributed by atoms with Crippen molar-refractivity contribution in [3.63, 3.8) is 0 Å². The van der Waals surface area contributed by atoms with Crippen LogP contribution in [-0.4, -0.2) is 20.8 Å². The van der Waals surface area contributed by atoms with Gasteiger partial charge in [-0.25, -0.2) is 0 Å². The molecule has 0 aliphatic rings. The monoisotopic (exact) mass is 351 g/mol. The molecule has 1 N–H and O–H groups in total. The van der Waals surface area contributed by atoms with E-state index in [1.54, 1.807) is 6.07 Å². The smallest absolute Gasteiger partial charge is 0.318 e. The predicted molar refractivity (Wildman–Crippen MR) is 65.1 cm³/mol. The van der Waals surface area contributed by atoms with E-state index in [1.165, 1.54) is 18.2 Å². The number of hydrogen-bond acceptors (Lipinski definition) is 3. The van der Waals surface area contributed by atoms with E-state index in [-0.39, 0.29) is 5.69 Å². The lowest BCUT2D eigenvalue weighted by atomic mass is 10.1. The van der Waals surface area contributed by atoms with Gasteiger partial charge in [-0.15, -0.1) is 0 Å². The van der Waals surface area contributed by atoms with E-state index in [2.05, 4.69) is 31.9 Å². The Labute approximate surface area is 108 Å². The number of non-ortho nitro benzene ring substituents is 1. The van der Waals surface area contributed by atoms with E-state index in [4.69, 9.17) is 5.11 Å². The summed E-state index contributed by atoms with van der Waals surface area (Å²) in [6, 6.07) is 5.84. The molecule has 1 aromatic carbocycles. The van der Waals surface area contributed by atoms with Crippen molar-refractivity contribution in [2.24, 2.45) is 0 Å². The average Bonchev–Trinajstić information content (AvgIpc) is 2.27. The fraction of sp³-hybridized carbons (Fsp3) is 0.222. The lowest BCUT2D eigenvalue weighted by Gasteiger charge is -2.12. The first kappa shape index (κ1) is 13.1. The van der Waals surface area contributed by atoms with E-state index in [0.29, 0.717) is 5.56 Å². The summed E-state index contributed by atoms with van der Waals surface area (Å²) in [7, 11) is 0. The number of nitro groups is 1. The molecule has 0 bridgehead atoms. The minimum atomic E-state index is -1.03. The van der Waals surface area contributed by atoms with E-state index in [1.807, 2.05) is 0 Å². The molecule has 1 rings (SSSR count). The molecule has 0 saturated carbocycles. The molecule has 0 fully saturated rings. The Bertz CT molecular complexity index is 424. The summed E-state index contributed by atoms with van der Waals surface area (Å²) < 4.78 is 0. The van der Waals surface area contributed by atoms with Gasteiger partial charge in [-0.05, 0) is 5.56 Å². The number of benzene rings is 1. The Kier molecular flexibility index (Phi) is 4.43. The highest BCUT2D eigenvalue weighted by molar-refractivity contribution is 9.12. The fourth-order valence-corrected chi connectivity index (χ4v) is 1.92. The highest BCUT2D eigenvalue weighted by Crippen LogP contribution is 2.32. The minimum absolute atomic E-state index is 0.0629. The van der Waals surface area contributed by atoms with Crippen molar-refractivity contribution in [2.45, 2.75) is 9.65 Å². The molecule has 2 atom stereocenters. The third-order valence-electron chi connectivity index (χ3n) is 1.89. The number of alkyl halides is 2. The van der Waals surface area contributed by atoms with Crippen LogP contribution >= 0.6 is 31.9 Å². The van der Waals surface area contributed by atoms with Crippen LogP contribution in [0.2, 0.25) is 0 Å². The van der Waals surface area contributed by atoms with Crippen molar-refractivity contribution in [1.29, 1.82) is 0 Å². The number of rotatable bonds is 4. The maximum Gasteiger partial charge on any atom is 0.318 e. The number of carboxylic acid groups (broad SMARTS) is 1. The Balaban J connectivity index is 3.00. The zero-order valence-corrected chi connectivity index (χ0v) is 11.0. The maximum absolute atomic E-state index is 10.7. The summed E-state index contributed by atoms with van der Waals surface area (Å²) in [5, 5.41) is 19.3. The summed E-state index contributed by atoms with van der Waals surface area (Å²) in [5.41, 5.74) is 0.477. The summed E-state index contributed by atoms with van der Waals surface area (Å²) >= 11 is 6.17. The van der Waals surface area contributed by atoms with Gasteiger partial charge in [0, 0.05) is 12.1 Å². The molecule has 0 heterocycles. The van der Waals surface area contributed by atoms with Gasteiger partial charge in [-0.1, -0.05) is 44.0 Å². The molecule has 7 heteroatoms.